The number of hydrogen-bond acceptors (Lipinski definition) is 3. The van der Waals surface area contributed by atoms with Crippen LogP contribution < -0.4 is 31.8 Å². The summed E-state index contributed by atoms with van der Waals surface area (Å²) in [7, 11) is -3.85. The molecule has 0 unspecified atom stereocenters. The molecule has 2 aromatic carbocycles. The van der Waals surface area contributed by atoms with Crippen molar-refractivity contribution in [2.45, 2.75) is 24.0 Å². The maximum absolute atomic E-state index is 13.0. The number of benzene rings is 2. The van der Waals surface area contributed by atoms with Crippen LogP contribution >= 0.6 is 0 Å². The minimum atomic E-state index is -4.45. The average molecular weight is 589 g/mol. The van der Waals surface area contributed by atoms with E-state index in [1.54, 1.807) is 23.0 Å². The van der Waals surface area contributed by atoms with Crippen molar-refractivity contribution in [2.24, 2.45) is 4.40 Å². The van der Waals surface area contributed by atoms with Crippen molar-refractivity contribution in [3.05, 3.63) is 70.6 Å². The zero-order valence-electron chi connectivity index (χ0n) is 16.8. The van der Waals surface area contributed by atoms with Crippen molar-refractivity contribution in [3.63, 3.8) is 0 Å². The van der Waals surface area contributed by atoms with Crippen LogP contribution in [0.25, 0.3) is 10.9 Å². The van der Waals surface area contributed by atoms with E-state index in [0.717, 1.165) is 12.1 Å². The maximum atomic E-state index is 13.0. The van der Waals surface area contributed by atoms with Crippen LogP contribution in [0.2, 0.25) is 0 Å². The van der Waals surface area contributed by atoms with Gasteiger partial charge < -0.3 is 0 Å². The molecule has 0 atom stereocenters. The Balaban J connectivity index is 1.39. The van der Waals surface area contributed by atoms with Crippen LogP contribution in [-0.2, 0) is 27.5 Å². The molecule has 0 radical (unpaired) electrons. The van der Waals surface area contributed by atoms with Crippen LogP contribution in [0.4, 0.5) is 18.9 Å². The third-order valence-corrected chi connectivity index (χ3v) is 8.23. The molecule has 7 nitrogen and oxygen atoms in total. The summed E-state index contributed by atoms with van der Waals surface area (Å²) in [6.07, 6.45) is -1.13. The zero-order valence-corrected chi connectivity index (χ0v) is 19.8. The second kappa shape index (κ2) is 9.17. The van der Waals surface area contributed by atoms with E-state index in [-0.39, 0.29) is 23.8 Å². The van der Waals surface area contributed by atoms with E-state index in [9.17, 15) is 26.4 Å². The molecule has 4 rings (SSSR count). The molecule has 12 heteroatoms. The van der Waals surface area contributed by atoms with Gasteiger partial charge in [-0.2, -0.15) is 13.2 Å². The Morgan fingerprint density at radius 2 is 1.88 bits per heavy atom. The van der Waals surface area contributed by atoms with Gasteiger partial charge in [0.05, 0.1) is 5.56 Å². The predicted molar refractivity (Wildman–Crippen MR) is 114 cm³/mol. The van der Waals surface area contributed by atoms with E-state index in [4.69, 9.17) is 0 Å². The first-order chi connectivity index (χ1) is 15.6. The molecule has 0 saturated heterocycles. The number of hydrogen-bond donors (Lipinski definition) is 2. The van der Waals surface area contributed by atoms with Gasteiger partial charge in [-0.3, -0.25) is 0 Å². The summed E-state index contributed by atoms with van der Waals surface area (Å²) < 4.78 is 71.3. The van der Waals surface area contributed by atoms with Crippen molar-refractivity contribution in [2.75, 3.05) is 5.32 Å². The second-order valence-corrected chi connectivity index (χ2v) is 11.0. The van der Waals surface area contributed by atoms with Crippen molar-refractivity contribution >= 4 is 36.4 Å². The van der Waals surface area contributed by atoms with Gasteiger partial charge in [0.25, 0.3) is 0 Å². The normalized spacial score (nSPS) is 15.4. The van der Waals surface area contributed by atoms with Gasteiger partial charge >= 0.3 is 138 Å². The number of rotatable bonds is 6. The van der Waals surface area contributed by atoms with Gasteiger partial charge in [0.1, 0.15) is 0 Å². The molecule has 1 aliphatic rings. The van der Waals surface area contributed by atoms with E-state index in [1.807, 2.05) is 4.08 Å². The number of anilines is 1. The van der Waals surface area contributed by atoms with Crippen molar-refractivity contribution in [1.29, 1.82) is 0 Å². The van der Waals surface area contributed by atoms with Crippen molar-refractivity contribution < 1.29 is 47.6 Å². The Bertz CT molecular complexity index is 1350. The molecule has 1 aliphatic heterocycles. The molecule has 2 N–H and O–H groups in total. The molecular weight excluding hydrogens is 572 g/mol. The van der Waals surface area contributed by atoms with Crippen LogP contribution in [-0.4, -0.2) is 22.7 Å². The number of sulfonamides is 1. The van der Waals surface area contributed by atoms with Crippen molar-refractivity contribution in [1.82, 2.24) is 9.88 Å². The van der Waals surface area contributed by atoms with Crippen LogP contribution in [0.15, 0.2) is 74.3 Å². The fraction of sp³-hybridized carbons (Fsp3) is 0.143. The molecule has 0 aliphatic carbocycles. The first-order valence-electron chi connectivity index (χ1n) is 9.58. The van der Waals surface area contributed by atoms with Crippen LogP contribution in [0.1, 0.15) is 12.0 Å². The van der Waals surface area contributed by atoms with Gasteiger partial charge in [-0.15, -0.1) is 0 Å². The van der Waals surface area contributed by atoms with Gasteiger partial charge in [0.15, 0.2) is 0 Å². The van der Waals surface area contributed by atoms with Crippen molar-refractivity contribution in [3.8, 4) is 0 Å². The molecule has 0 saturated carbocycles. The molecule has 1 amide bonds. The Morgan fingerprint density at radius 3 is 2.55 bits per heavy atom. The second-order valence-electron chi connectivity index (χ2n) is 7.01. The van der Waals surface area contributed by atoms with E-state index < -0.39 is 43.0 Å². The third kappa shape index (κ3) is 5.55. The number of amidine groups is 1. The predicted octanol–water partition coefficient (Wildman–Crippen LogP) is 0.897. The van der Waals surface area contributed by atoms with E-state index in [2.05, 4.69) is 15.0 Å². The van der Waals surface area contributed by atoms with Gasteiger partial charge in [0, 0.05) is 11.7 Å². The topological polar surface area (TPSA) is 92.6 Å². The number of nitrogens with one attached hydrogen (secondary N) is 2. The minimum absolute atomic E-state index is 0.00462. The third-order valence-electron chi connectivity index (χ3n) is 4.75. The van der Waals surface area contributed by atoms with E-state index in [1.165, 1.54) is 30.3 Å². The van der Waals surface area contributed by atoms with Gasteiger partial charge in [0.2, 0.25) is 0 Å². The monoisotopic (exact) mass is 589 g/mol. The molecule has 174 valence electrons. The fourth-order valence-electron chi connectivity index (χ4n) is 3.14. The quantitative estimate of drug-likeness (QED) is 0.331. The summed E-state index contributed by atoms with van der Waals surface area (Å²) >= 11 is -0.576. The van der Waals surface area contributed by atoms with Crippen LogP contribution in [0, 0.1) is 0 Å². The number of nitrogens with zero attached hydrogens (tertiary/aromatic N) is 2. The summed E-state index contributed by atoms with van der Waals surface area (Å²) in [6.45, 7) is 0.185. The number of aryl methyl sites for hydroxylation is 1. The number of aromatic nitrogens is 1. The number of alkyl halides is 3. The SMILES string of the molecule is O=C(CCn1ccc2ccc(C(F)(F)F)cc21)Nc1ccc(S(=O)(=O)N=C2NC=C[I-]2)cc1. The molecule has 0 bridgehead atoms. The number of amides is 1. The summed E-state index contributed by atoms with van der Waals surface area (Å²) in [4.78, 5) is 12.3. The summed E-state index contributed by atoms with van der Waals surface area (Å²) in [6, 6.07) is 10.8. The Morgan fingerprint density at radius 1 is 1.12 bits per heavy atom. The summed E-state index contributed by atoms with van der Waals surface area (Å²) in [5.41, 5.74) is 0.0426. The first-order valence-corrected chi connectivity index (χ1v) is 13.3. The van der Waals surface area contributed by atoms with Gasteiger partial charge in [-0.1, -0.05) is 6.07 Å². The zero-order chi connectivity index (χ0) is 23.6. The van der Waals surface area contributed by atoms with E-state index >= 15 is 0 Å². The molecule has 2 heterocycles. The molecular formula is C21H17F3IN4O3S-. The standard InChI is InChI=1S/C21H17F3IN4O3S/c22-21(23,24)15-2-1-14-7-11-29(18(14)13-15)12-8-19(30)27-16-3-5-17(6-4-16)33(31,32)28-20-25-9-10-26-20/h1-7,9-11,13H,8,12H2,(H,26,28)(H,27,30)/q-1. The molecule has 1 aromatic heterocycles. The van der Waals surface area contributed by atoms with E-state index in [0.29, 0.717) is 20.4 Å². The molecule has 0 fully saturated rings. The van der Waals surface area contributed by atoms with Gasteiger partial charge in [-0.05, 0) is 23.6 Å². The molecule has 33 heavy (non-hydrogen) atoms. The van der Waals surface area contributed by atoms with Crippen LogP contribution in [0.3, 0.4) is 0 Å². The fourth-order valence-corrected chi connectivity index (χ4v) is 6.21. The Hall–Kier alpha value is -2.87. The number of fused-ring (bicyclic) bond motifs is 1. The molecule has 0 spiro atoms. The molecule has 3 aromatic rings. The Kier molecular flexibility index (Phi) is 6.47. The Labute approximate surface area is 197 Å². The van der Waals surface area contributed by atoms with Crippen LogP contribution in [0.5, 0.6) is 0 Å². The number of carbonyl (C=O) groups is 1. The first kappa shape index (κ1) is 23.3. The number of halogens is 4. The van der Waals surface area contributed by atoms with Gasteiger partial charge in [-0.25, -0.2) is 0 Å². The summed E-state index contributed by atoms with van der Waals surface area (Å²) in [5, 5.41) is 6.10. The average Bonchev–Trinajstić information content (AvgIpc) is 3.41. The number of carbonyl (C=O) groups excluding carboxylic acids is 1. The summed E-state index contributed by atoms with van der Waals surface area (Å²) in [5.74, 6) is -0.356.